The zero-order chi connectivity index (χ0) is 17.7. The lowest BCUT2D eigenvalue weighted by atomic mass is 10.0. The maximum Gasteiger partial charge on any atom is 0.326 e. The van der Waals surface area contributed by atoms with Crippen molar-refractivity contribution in [3.8, 4) is 0 Å². The van der Waals surface area contributed by atoms with E-state index in [-0.39, 0.29) is 17.5 Å². The maximum atomic E-state index is 13.3. The van der Waals surface area contributed by atoms with Crippen LogP contribution in [0.1, 0.15) is 15.9 Å². The highest BCUT2D eigenvalue weighted by atomic mass is 19.1. The first-order valence-electron chi connectivity index (χ1n) is 6.90. The number of carboxylic acid groups (broad SMARTS) is 1. The van der Waals surface area contributed by atoms with Gasteiger partial charge in [0.1, 0.15) is 6.04 Å². The number of benzene rings is 2. The van der Waals surface area contributed by atoms with Gasteiger partial charge in [-0.05, 0) is 23.8 Å². The summed E-state index contributed by atoms with van der Waals surface area (Å²) in [6.45, 7) is 0. The van der Waals surface area contributed by atoms with Crippen LogP contribution in [0.15, 0.2) is 48.5 Å². The lowest BCUT2D eigenvalue weighted by Gasteiger charge is -2.14. The van der Waals surface area contributed by atoms with Gasteiger partial charge in [-0.2, -0.15) is 4.39 Å². The number of rotatable bonds is 6. The second kappa shape index (κ2) is 7.32. The fourth-order valence-corrected chi connectivity index (χ4v) is 2.09. The van der Waals surface area contributed by atoms with Crippen molar-refractivity contribution >= 4 is 17.6 Å². The molecule has 2 N–H and O–H groups in total. The smallest absolute Gasteiger partial charge is 0.326 e. The molecule has 0 aliphatic heterocycles. The number of amides is 1. The molecule has 0 saturated carbocycles. The third kappa shape index (κ3) is 4.13. The van der Waals surface area contributed by atoms with Gasteiger partial charge < -0.3 is 10.4 Å². The van der Waals surface area contributed by atoms with E-state index in [0.29, 0.717) is 0 Å². The third-order valence-corrected chi connectivity index (χ3v) is 3.29. The molecule has 2 aromatic carbocycles. The standard InChI is InChI=1S/C16H13FN2O5/c17-12-7-6-10(9-14(12)19(23)24)8-13(16(21)22)18-15(20)11-4-2-1-3-5-11/h1-7,9,13H,8H2,(H,18,20)(H,21,22)/t13-/m1/s1. The number of carbonyl (C=O) groups excluding carboxylic acids is 1. The highest BCUT2D eigenvalue weighted by molar-refractivity contribution is 5.96. The Kier molecular flexibility index (Phi) is 5.20. The van der Waals surface area contributed by atoms with E-state index in [0.717, 1.165) is 12.1 Å². The van der Waals surface area contributed by atoms with Gasteiger partial charge in [0.25, 0.3) is 5.91 Å². The second-order valence-electron chi connectivity index (χ2n) is 4.98. The van der Waals surface area contributed by atoms with Crippen molar-refractivity contribution in [3.63, 3.8) is 0 Å². The molecule has 0 spiro atoms. The quantitative estimate of drug-likeness (QED) is 0.622. The van der Waals surface area contributed by atoms with Gasteiger partial charge in [-0.1, -0.05) is 24.3 Å². The van der Waals surface area contributed by atoms with E-state index in [2.05, 4.69) is 5.32 Å². The Morgan fingerprint density at radius 2 is 1.88 bits per heavy atom. The number of nitro benzene ring substituents is 1. The van der Waals surface area contributed by atoms with Crippen molar-refractivity contribution in [3.05, 3.63) is 75.6 Å². The van der Waals surface area contributed by atoms with Gasteiger partial charge in [-0.15, -0.1) is 0 Å². The van der Waals surface area contributed by atoms with Crippen LogP contribution < -0.4 is 5.32 Å². The van der Waals surface area contributed by atoms with Gasteiger partial charge in [0.15, 0.2) is 0 Å². The molecule has 0 saturated heterocycles. The number of nitro groups is 1. The molecule has 0 bridgehead atoms. The molecule has 8 heteroatoms. The molecule has 1 amide bonds. The van der Waals surface area contributed by atoms with Crippen LogP contribution in [-0.2, 0) is 11.2 Å². The zero-order valence-corrected chi connectivity index (χ0v) is 12.3. The molecule has 7 nitrogen and oxygen atoms in total. The molecule has 2 rings (SSSR count). The Bertz CT molecular complexity index is 779. The Hall–Kier alpha value is -3.29. The van der Waals surface area contributed by atoms with Gasteiger partial charge in [0.05, 0.1) is 4.92 Å². The van der Waals surface area contributed by atoms with E-state index < -0.39 is 34.3 Å². The average Bonchev–Trinajstić information content (AvgIpc) is 2.56. The van der Waals surface area contributed by atoms with Crippen LogP contribution in [-0.4, -0.2) is 27.9 Å². The average molecular weight is 332 g/mol. The minimum absolute atomic E-state index is 0.213. The van der Waals surface area contributed by atoms with Crippen molar-refractivity contribution in [1.82, 2.24) is 5.32 Å². The van der Waals surface area contributed by atoms with Gasteiger partial charge in [0.2, 0.25) is 5.82 Å². The molecular weight excluding hydrogens is 319 g/mol. The van der Waals surface area contributed by atoms with Crippen molar-refractivity contribution < 1.29 is 24.0 Å². The van der Waals surface area contributed by atoms with E-state index >= 15 is 0 Å². The zero-order valence-electron chi connectivity index (χ0n) is 12.3. The molecule has 0 aliphatic rings. The summed E-state index contributed by atoms with van der Waals surface area (Å²) < 4.78 is 13.3. The number of hydrogen-bond donors (Lipinski definition) is 2. The number of hydrogen-bond acceptors (Lipinski definition) is 4. The monoisotopic (exact) mass is 332 g/mol. The van der Waals surface area contributed by atoms with Crippen LogP contribution in [0.2, 0.25) is 0 Å². The van der Waals surface area contributed by atoms with Crippen LogP contribution in [0.4, 0.5) is 10.1 Å². The first-order valence-corrected chi connectivity index (χ1v) is 6.90. The molecular formula is C16H13FN2O5. The summed E-state index contributed by atoms with van der Waals surface area (Å²) in [5.74, 6) is -2.89. The molecule has 0 heterocycles. The molecule has 0 aromatic heterocycles. The number of carbonyl (C=O) groups is 2. The summed E-state index contributed by atoms with van der Waals surface area (Å²) in [7, 11) is 0. The summed E-state index contributed by atoms with van der Waals surface area (Å²) >= 11 is 0. The number of halogens is 1. The summed E-state index contributed by atoms with van der Waals surface area (Å²) in [6.07, 6.45) is -0.213. The van der Waals surface area contributed by atoms with Crippen LogP contribution in [0.3, 0.4) is 0 Å². The second-order valence-corrected chi connectivity index (χ2v) is 4.98. The Morgan fingerprint density at radius 3 is 2.46 bits per heavy atom. The van der Waals surface area contributed by atoms with Gasteiger partial charge in [-0.3, -0.25) is 14.9 Å². The SMILES string of the molecule is O=C(N[C@H](Cc1ccc(F)c([N+](=O)[O-])c1)C(=O)O)c1ccccc1. The molecule has 24 heavy (non-hydrogen) atoms. The maximum absolute atomic E-state index is 13.3. The first kappa shape index (κ1) is 17.1. The molecule has 1 atom stereocenters. The van der Waals surface area contributed by atoms with Crippen molar-refractivity contribution in [1.29, 1.82) is 0 Å². The molecule has 0 unspecified atom stereocenters. The lowest BCUT2D eigenvalue weighted by molar-refractivity contribution is -0.387. The summed E-state index contributed by atoms with van der Waals surface area (Å²) in [5, 5.41) is 22.3. The van der Waals surface area contributed by atoms with Crippen LogP contribution >= 0.6 is 0 Å². The topological polar surface area (TPSA) is 110 Å². The highest BCUT2D eigenvalue weighted by Gasteiger charge is 2.23. The lowest BCUT2D eigenvalue weighted by Crippen LogP contribution is -2.42. The number of nitrogens with zero attached hydrogens (tertiary/aromatic N) is 1. The highest BCUT2D eigenvalue weighted by Crippen LogP contribution is 2.19. The van der Waals surface area contributed by atoms with E-state index in [9.17, 15) is 29.2 Å². The largest absolute Gasteiger partial charge is 0.480 e. The van der Waals surface area contributed by atoms with Crippen molar-refractivity contribution in [2.45, 2.75) is 12.5 Å². The molecule has 124 valence electrons. The van der Waals surface area contributed by atoms with E-state index in [1.54, 1.807) is 18.2 Å². The summed E-state index contributed by atoms with van der Waals surface area (Å²) in [6, 6.07) is 9.82. The van der Waals surface area contributed by atoms with Crippen LogP contribution in [0.5, 0.6) is 0 Å². The van der Waals surface area contributed by atoms with Gasteiger partial charge in [-0.25, -0.2) is 4.79 Å². The number of aliphatic carboxylic acids is 1. The van der Waals surface area contributed by atoms with Gasteiger partial charge >= 0.3 is 11.7 Å². The van der Waals surface area contributed by atoms with E-state index in [4.69, 9.17) is 0 Å². The van der Waals surface area contributed by atoms with E-state index in [1.807, 2.05) is 0 Å². The van der Waals surface area contributed by atoms with E-state index in [1.165, 1.54) is 18.2 Å². The Balaban J connectivity index is 2.17. The van der Waals surface area contributed by atoms with Crippen LogP contribution in [0, 0.1) is 15.9 Å². The Labute approximate surface area is 135 Å². The van der Waals surface area contributed by atoms with Crippen molar-refractivity contribution in [2.24, 2.45) is 0 Å². The number of nitrogens with one attached hydrogen (secondary N) is 1. The molecule has 2 aromatic rings. The summed E-state index contributed by atoms with van der Waals surface area (Å²) in [4.78, 5) is 33.2. The molecule has 0 fully saturated rings. The van der Waals surface area contributed by atoms with Crippen LogP contribution in [0.25, 0.3) is 0 Å². The third-order valence-electron chi connectivity index (χ3n) is 3.29. The number of carboxylic acids is 1. The Morgan fingerprint density at radius 1 is 1.21 bits per heavy atom. The van der Waals surface area contributed by atoms with Gasteiger partial charge in [0, 0.05) is 18.1 Å². The molecule has 0 radical (unpaired) electrons. The fraction of sp³-hybridized carbons (Fsp3) is 0.125. The van der Waals surface area contributed by atoms with Crippen molar-refractivity contribution in [2.75, 3.05) is 0 Å². The predicted octanol–water partition coefficient (Wildman–Crippen LogP) is 2.16. The normalized spacial score (nSPS) is 11.5. The first-order chi connectivity index (χ1) is 11.4. The molecule has 0 aliphatic carbocycles. The minimum Gasteiger partial charge on any atom is -0.480 e. The fourth-order valence-electron chi connectivity index (χ4n) is 2.09. The predicted molar refractivity (Wildman–Crippen MR) is 82.1 cm³/mol. The summed E-state index contributed by atoms with van der Waals surface area (Å²) in [5.41, 5.74) is -0.233. The minimum atomic E-state index is -1.30.